The standard InChI is InChI=1S/C15H19N5O2S/c1-9(2)8-12-16-18-14(22-12)10(3)23-15-19-17-13(20(15)4)11-6-5-7-21-11/h5-7,9-10H,8H2,1-4H3. The predicted molar refractivity (Wildman–Crippen MR) is 85.8 cm³/mol. The van der Waals surface area contributed by atoms with Crippen molar-refractivity contribution in [1.29, 1.82) is 0 Å². The second-order valence-electron chi connectivity index (χ2n) is 5.73. The fraction of sp³-hybridized carbons (Fsp3) is 0.467. The average molecular weight is 333 g/mol. The van der Waals surface area contributed by atoms with Crippen LogP contribution < -0.4 is 0 Å². The Morgan fingerprint density at radius 2 is 2.00 bits per heavy atom. The maximum Gasteiger partial charge on any atom is 0.229 e. The van der Waals surface area contributed by atoms with Crippen molar-refractivity contribution >= 4 is 11.8 Å². The molecular weight excluding hydrogens is 314 g/mol. The van der Waals surface area contributed by atoms with Gasteiger partial charge in [0.25, 0.3) is 0 Å². The lowest BCUT2D eigenvalue weighted by Crippen LogP contribution is -1.96. The Morgan fingerprint density at radius 1 is 1.17 bits per heavy atom. The molecule has 122 valence electrons. The van der Waals surface area contributed by atoms with Crippen molar-refractivity contribution in [2.75, 3.05) is 0 Å². The summed E-state index contributed by atoms with van der Waals surface area (Å²) in [6.07, 6.45) is 2.41. The highest BCUT2D eigenvalue weighted by Gasteiger charge is 2.20. The number of nitrogens with zero attached hydrogens (tertiary/aromatic N) is 5. The second kappa shape index (κ2) is 6.57. The second-order valence-corrected chi connectivity index (χ2v) is 7.04. The summed E-state index contributed by atoms with van der Waals surface area (Å²) in [5.41, 5.74) is 0. The first-order valence-corrected chi connectivity index (χ1v) is 8.34. The molecule has 0 aliphatic rings. The molecule has 1 atom stereocenters. The molecule has 0 saturated carbocycles. The molecular formula is C15H19N5O2S. The number of hydrogen-bond acceptors (Lipinski definition) is 7. The smallest absolute Gasteiger partial charge is 0.229 e. The van der Waals surface area contributed by atoms with Gasteiger partial charge in [-0.3, -0.25) is 0 Å². The molecule has 0 aliphatic heterocycles. The van der Waals surface area contributed by atoms with E-state index >= 15 is 0 Å². The van der Waals surface area contributed by atoms with Gasteiger partial charge in [-0.25, -0.2) is 0 Å². The molecule has 0 amide bonds. The maximum absolute atomic E-state index is 5.73. The lowest BCUT2D eigenvalue weighted by molar-refractivity contribution is 0.426. The molecule has 0 aliphatic carbocycles. The highest BCUT2D eigenvalue weighted by Crippen LogP contribution is 2.34. The van der Waals surface area contributed by atoms with E-state index in [1.165, 1.54) is 11.8 Å². The van der Waals surface area contributed by atoms with Crippen LogP contribution in [-0.2, 0) is 13.5 Å². The van der Waals surface area contributed by atoms with Gasteiger partial charge in [0.1, 0.15) is 0 Å². The molecule has 3 aromatic heterocycles. The van der Waals surface area contributed by atoms with Crippen LogP contribution in [0.15, 0.2) is 32.4 Å². The molecule has 0 N–H and O–H groups in total. The van der Waals surface area contributed by atoms with E-state index in [0.717, 1.165) is 11.6 Å². The van der Waals surface area contributed by atoms with Gasteiger partial charge in [0.2, 0.25) is 11.8 Å². The van der Waals surface area contributed by atoms with Gasteiger partial charge < -0.3 is 13.4 Å². The van der Waals surface area contributed by atoms with Crippen molar-refractivity contribution in [3.05, 3.63) is 30.2 Å². The lowest BCUT2D eigenvalue weighted by atomic mass is 10.1. The fourth-order valence-corrected chi connectivity index (χ4v) is 2.95. The summed E-state index contributed by atoms with van der Waals surface area (Å²) in [7, 11) is 1.91. The monoisotopic (exact) mass is 333 g/mol. The molecule has 0 radical (unpaired) electrons. The number of furan rings is 1. The molecule has 0 aromatic carbocycles. The third kappa shape index (κ3) is 3.47. The molecule has 0 spiro atoms. The number of rotatable bonds is 6. The van der Waals surface area contributed by atoms with E-state index in [2.05, 4.69) is 34.2 Å². The van der Waals surface area contributed by atoms with Gasteiger partial charge >= 0.3 is 0 Å². The zero-order chi connectivity index (χ0) is 16.4. The van der Waals surface area contributed by atoms with Crippen LogP contribution in [0.2, 0.25) is 0 Å². The van der Waals surface area contributed by atoms with Gasteiger partial charge in [0.15, 0.2) is 16.7 Å². The van der Waals surface area contributed by atoms with Crippen molar-refractivity contribution in [3.8, 4) is 11.6 Å². The lowest BCUT2D eigenvalue weighted by Gasteiger charge is -2.06. The molecule has 3 rings (SSSR count). The van der Waals surface area contributed by atoms with Gasteiger partial charge in [-0.05, 0) is 25.0 Å². The van der Waals surface area contributed by atoms with E-state index in [1.807, 2.05) is 30.7 Å². The number of thioether (sulfide) groups is 1. The summed E-state index contributed by atoms with van der Waals surface area (Å²) >= 11 is 1.53. The number of hydrogen-bond donors (Lipinski definition) is 0. The summed E-state index contributed by atoms with van der Waals surface area (Å²) in [6.45, 7) is 6.26. The van der Waals surface area contributed by atoms with Crippen molar-refractivity contribution in [2.24, 2.45) is 13.0 Å². The van der Waals surface area contributed by atoms with Crippen LogP contribution in [0.25, 0.3) is 11.6 Å². The minimum absolute atomic E-state index is 0.00392. The summed E-state index contributed by atoms with van der Waals surface area (Å²) in [4.78, 5) is 0. The molecule has 0 saturated heterocycles. The third-order valence-corrected chi connectivity index (χ3v) is 4.39. The van der Waals surface area contributed by atoms with Crippen LogP contribution in [0.5, 0.6) is 0 Å². The Balaban J connectivity index is 1.73. The van der Waals surface area contributed by atoms with E-state index in [1.54, 1.807) is 6.26 Å². The molecule has 0 fully saturated rings. The van der Waals surface area contributed by atoms with Crippen LogP contribution in [-0.4, -0.2) is 25.0 Å². The topological polar surface area (TPSA) is 82.8 Å². The van der Waals surface area contributed by atoms with Crippen LogP contribution >= 0.6 is 11.8 Å². The quantitative estimate of drug-likeness (QED) is 0.638. The van der Waals surface area contributed by atoms with Gasteiger partial charge in [-0.15, -0.1) is 20.4 Å². The van der Waals surface area contributed by atoms with Crippen LogP contribution in [0.4, 0.5) is 0 Å². The van der Waals surface area contributed by atoms with E-state index in [4.69, 9.17) is 8.83 Å². The first kappa shape index (κ1) is 15.8. The van der Waals surface area contributed by atoms with Gasteiger partial charge in [-0.2, -0.15) is 0 Å². The van der Waals surface area contributed by atoms with E-state index in [0.29, 0.717) is 29.3 Å². The summed E-state index contributed by atoms with van der Waals surface area (Å²) in [6, 6.07) is 3.69. The first-order valence-electron chi connectivity index (χ1n) is 7.46. The summed E-state index contributed by atoms with van der Waals surface area (Å²) in [5.74, 6) is 3.15. The molecule has 8 heteroatoms. The normalized spacial score (nSPS) is 12.9. The Morgan fingerprint density at radius 3 is 2.70 bits per heavy atom. The zero-order valence-electron chi connectivity index (χ0n) is 13.6. The molecule has 1 unspecified atom stereocenters. The van der Waals surface area contributed by atoms with Gasteiger partial charge in [0, 0.05) is 13.5 Å². The maximum atomic E-state index is 5.73. The largest absolute Gasteiger partial charge is 0.461 e. The Bertz CT molecular complexity index is 763. The SMILES string of the molecule is CC(C)Cc1nnc(C(C)Sc2nnc(-c3ccco3)n2C)o1. The van der Waals surface area contributed by atoms with Gasteiger partial charge in [0.05, 0.1) is 11.5 Å². The van der Waals surface area contributed by atoms with Crippen molar-refractivity contribution < 1.29 is 8.83 Å². The first-order chi connectivity index (χ1) is 11.0. The zero-order valence-corrected chi connectivity index (χ0v) is 14.4. The number of aromatic nitrogens is 5. The average Bonchev–Trinajstić information content (AvgIpc) is 3.21. The Hall–Kier alpha value is -2.09. The van der Waals surface area contributed by atoms with Crippen LogP contribution in [0.1, 0.15) is 37.8 Å². The van der Waals surface area contributed by atoms with Crippen LogP contribution in [0.3, 0.4) is 0 Å². The van der Waals surface area contributed by atoms with Gasteiger partial charge in [-0.1, -0.05) is 25.6 Å². The molecule has 3 heterocycles. The highest BCUT2D eigenvalue weighted by molar-refractivity contribution is 7.99. The van der Waals surface area contributed by atoms with E-state index in [9.17, 15) is 0 Å². The van der Waals surface area contributed by atoms with Crippen molar-refractivity contribution in [1.82, 2.24) is 25.0 Å². The van der Waals surface area contributed by atoms with Crippen LogP contribution in [0, 0.1) is 5.92 Å². The van der Waals surface area contributed by atoms with E-state index in [-0.39, 0.29) is 5.25 Å². The minimum atomic E-state index is -0.00392. The highest BCUT2D eigenvalue weighted by atomic mass is 32.2. The molecule has 3 aromatic rings. The summed E-state index contributed by atoms with van der Waals surface area (Å²) < 4.78 is 13.0. The predicted octanol–water partition coefficient (Wildman–Crippen LogP) is 3.51. The fourth-order valence-electron chi connectivity index (χ4n) is 2.11. The van der Waals surface area contributed by atoms with Crippen molar-refractivity contribution in [2.45, 2.75) is 37.6 Å². The molecule has 7 nitrogen and oxygen atoms in total. The Labute approximate surface area is 138 Å². The van der Waals surface area contributed by atoms with Crippen molar-refractivity contribution in [3.63, 3.8) is 0 Å². The third-order valence-electron chi connectivity index (χ3n) is 3.27. The molecule has 0 bridgehead atoms. The summed E-state index contributed by atoms with van der Waals surface area (Å²) in [5, 5.41) is 17.4. The molecule has 23 heavy (non-hydrogen) atoms. The van der Waals surface area contributed by atoms with E-state index < -0.39 is 0 Å². The minimum Gasteiger partial charge on any atom is -0.461 e. The Kier molecular flexibility index (Phi) is 4.51.